The summed E-state index contributed by atoms with van der Waals surface area (Å²) in [6, 6.07) is 13.9. The van der Waals surface area contributed by atoms with Crippen LogP contribution in [0.5, 0.6) is 0 Å². The van der Waals surface area contributed by atoms with Gasteiger partial charge < -0.3 is 15.4 Å². The Morgan fingerprint density at radius 2 is 2.05 bits per heavy atom. The van der Waals surface area contributed by atoms with Crippen molar-refractivity contribution < 1.29 is 9.53 Å². The number of anilines is 1. The number of ether oxygens (including phenoxy) is 1. The second kappa shape index (κ2) is 5.38. The Morgan fingerprint density at radius 1 is 1.21 bits per heavy atom. The van der Waals surface area contributed by atoms with Gasteiger partial charge in [-0.1, -0.05) is 36.4 Å². The molecule has 2 N–H and O–H groups in total. The lowest BCUT2D eigenvalue weighted by Gasteiger charge is -2.23. The zero-order valence-corrected chi connectivity index (χ0v) is 10.6. The highest BCUT2D eigenvalue weighted by Crippen LogP contribution is 2.23. The molecule has 1 atom stereocenters. The second-order valence-corrected chi connectivity index (χ2v) is 4.58. The molecule has 1 aliphatic rings. The van der Waals surface area contributed by atoms with E-state index in [9.17, 15) is 4.79 Å². The van der Waals surface area contributed by atoms with Crippen LogP contribution in [0.25, 0.3) is 10.8 Å². The fraction of sp³-hybridized carbons (Fsp3) is 0.267. The predicted octanol–water partition coefficient (Wildman–Crippen LogP) is 1.77. The Labute approximate surface area is 111 Å². The summed E-state index contributed by atoms with van der Waals surface area (Å²) in [5.74, 6) is -0.0939. The molecule has 98 valence electrons. The molecule has 1 aliphatic heterocycles. The van der Waals surface area contributed by atoms with Crippen molar-refractivity contribution in [1.82, 2.24) is 5.32 Å². The van der Waals surface area contributed by atoms with Crippen molar-refractivity contribution in [1.29, 1.82) is 0 Å². The molecule has 0 saturated carbocycles. The third-order valence-corrected chi connectivity index (χ3v) is 3.27. The summed E-state index contributed by atoms with van der Waals surface area (Å²) in [6.07, 6.45) is -0.410. The topological polar surface area (TPSA) is 50.4 Å². The number of morpholine rings is 1. The molecular formula is C15H16N2O2. The van der Waals surface area contributed by atoms with Crippen molar-refractivity contribution in [2.75, 3.05) is 25.0 Å². The number of nitrogens with one attached hydrogen (secondary N) is 2. The maximum Gasteiger partial charge on any atom is 0.254 e. The fourth-order valence-corrected chi connectivity index (χ4v) is 2.28. The first-order valence-electron chi connectivity index (χ1n) is 6.45. The molecule has 1 saturated heterocycles. The van der Waals surface area contributed by atoms with Crippen molar-refractivity contribution in [2.45, 2.75) is 6.10 Å². The van der Waals surface area contributed by atoms with Crippen LogP contribution in [-0.4, -0.2) is 31.7 Å². The Morgan fingerprint density at radius 3 is 2.89 bits per heavy atom. The van der Waals surface area contributed by atoms with Gasteiger partial charge in [0.25, 0.3) is 5.91 Å². The van der Waals surface area contributed by atoms with Gasteiger partial charge in [0.1, 0.15) is 6.10 Å². The monoisotopic (exact) mass is 256 g/mol. The average Bonchev–Trinajstić information content (AvgIpc) is 2.48. The number of amides is 1. The van der Waals surface area contributed by atoms with Crippen molar-refractivity contribution in [3.63, 3.8) is 0 Å². The summed E-state index contributed by atoms with van der Waals surface area (Å²) in [4.78, 5) is 12.1. The first-order chi connectivity index (χ1) is 9.34. The number of hydrogen-bond acceptors (Lipinski definition) is 3. The van der Waals surface area contributed by atoms with Crippen LogP contribution in [0, 0.1) is 0 Å². The normalized spacial score (nSPS) is 19.3. The minimum absolute atomic E-state index is 0.0939. The number of hydrogen-bond donors (Lipinski definition) is 2. The van der Waals surface area contributed by atoms with Crippen LogP contribution in [0.4, 0.5) is 5.69 Å². The molecule has 0 aromatic heterocycles. The minimum atomic E-state index is -0.410. The number of fused-ring (bicyclic) bond motifs is 1. The quantitative estimate of drug-likeness (QED) is 0.861. The molecule has 4 heteroatoms. The lowest BCUT2D eigenvalue weighted by atomic mass is 10.1. The summed E-state index contributed by atoms with van der Waals surface area (Å²) in [5.41, 5.74) is 0.831. The van der Waals surface area contributed by atoms with Crippen molar-refractivity contribution in [3.05, 3.63) is 42.5 Å². The van der Waals surface area contributed by atoms with Crippen LogP contribution >= 0.6 is 0 Å². The molecule has 0 aliphatic carbocycles. The molecule has 2 aromatic carbocycles. The van der Waals surface area contributed by atoms with Crippen LogP contribution < -0.4 is 10.6 Å². The Balaban J connectivity index is 1.82. The van der Waals surface area contributed by atoms with Gasteiger partial charge in [-0.2, -0.15) is 0 Å². The SMILES string of the molecule is O=C(Nc1cccc2ccccc12)C1CNCCO1. The van der Waals surface area contributed by atoms with E-state index in [4.69, 9.17) is 4.74 Å². The molecule has 2 aromatic rings. The summed E-state index contributed by atoms with van der Waals surface area (Å²) < 4.78 is 5.45. The smallest absolute Gasteiger partial charge is 0.254 e. The molecule has 0 spiro atoms. The molecule has 19 heavy (non-hydrogen) atoms. The predicted molar refractivity (Wildman–Crippen MR) is 75.2 cm³/mol. The van der Waals surface area contributed by atoms with Gasteiger partial charge in [0.05, 0.1) is 6.61 Å². The number of rotatable bonds is 2. The molecule has 1 amide bonds. The van der Waals surface area contributed by atoms with Gasteiger partial charge in [-0.25, -0.2) is 0 Å². The molecule has 4 nitrogen and oxygen atoms in total. The van der Waals surface area contributed by atoms with E-state index >= 15 is 0 Å². The van der Waals surface area contributed by atoms with E-state index in [0.29, 0.717) is 13.2 Å². The third kappa shape index (κ3) is 2.59. The molecule has 1 unspecified atom stereocenters. The Kier molecular flexibility index (Phi) is 3.44. The van der Waals surface area contributed by atoms with Gasteiger partial charge in [0, 0.05) is 24.2 Å². The Bertz CT molecular complexity index is 586. The van der Waals surface area contributed by atoms with E-state index < -0.39 is 6.10 Å². The molecule has 1 heterocycles. The zero-order chi connectivity index (χ0) is 13.1. The number of carbonyl (C=O) groups is 1. The van der Waals surface area contributed by atoms with Gasteiger partial charge in [-0.05, 0) is 11.5 Å². The maximum absolute atomic E-state index is 12.1. The lowest BCUT2D eigenvalue weighted by Crippen LogP contribution is -2.45. The van der Waals surface area contributed by atoms with Gasteiger partial charge in [0.15, 0.2) is 0 Å². The van der Waals surface area contributed by atoms with Gasteiger partial charge in [0.2, 0.25) is 0 Å². The Hall–Kier alpha value is -1.91. The largest absolute Gasteiger partial charge is 0.366 e. The molecule has 1 fully saturated rings. The fourth-order valence-electron chi connectivity index (χ4n) is 2.28. The highest BCUT2D eigenvalue weighted by atomic mass is 16.5. The number of benzene rings is 2. The third-order valence-electron chi connectivity index (χ3n) is 3.27. The molecular weight excluding hydrogens is 240 g/mol. The van der Waals surface area contributed by atoms with Crippen LogP contribution in [0.1, 0.15) is 0 Å². The highest BCUT2D eigenvalue weighted by molar-refractivity contribution is 6.03. The van der Waals surface area contributed by atoms with Crippen LogP contribution in [-0.2, 0) is 9.53 Å². The number of carbonyl (C=O) groups excluding carboxylic acids is 1. The van der Waals surface area contributed by atoms with Crippen LogP contribution in [0.15, 0.2) is 42.5 Å². The van der Waals surface area contributed by atoms with Crippen LogP contribution in [0.2, 0.25) is 0 Å². The van der Waals surface area contributed by atoms with Gasteiger partial charge >= 0.3 is 0 Å². The van der Waals surface area contributed by atoms with E-state index in [1.165, 1.54) is 0 Å². The van der Waals surface area contributed by atoms with E-state index in [1.807, 2.05) is 42.5 Å². The molecule has 3 rings (SSSR count). The highest BCUT2D eigenvalue weighted by Gasteiger charge is 2.21. The summed E-state index contributed by atoms with van der Waals surface area (Å²) >= 11 is 0. The minimum Gasteiger partial charge on any atom is -0.366 e. The first-order valence-corrected chi connectivity index (χ1v) is 6.45. The summed E-state index contributed by atoms with van der Waals surface area (Å²) in [5, 5.41) is 8.26. The maximum atomic E-state index is 12.1. The van der Waals surface area contributed by atoms with Crippen molar-refractivity contribution in [2.24, 2.45) is 0 Å². The van der Waals surface area contributed by atoms with Gasteiger partial charge in [-0.15, -0.1) is 0 Å². The standard InChI is InChI=1S/C15H16N2O2/c18-15(14-10-16-8-9-19-14)17-13-7-3-5-11-4-1-2-6-12(11)13/h1-7,14,16H,8-10H2,(H,17,18). The van der Waals surface area contributed by atoms with E-state index in [-0.39, 0.29) is 5.91 Å². The van der Waals surface area contributed by atoms with E-state index in [0.717, 1.165) is 23.0 Å². The molecule has 0 bridgehead atoms. The molecule has 0 radical (unpaired) electrons. The second-order valence-electron chi connectivity index (χ2n) is 4.58. The summed E-state index contributed by atoms with van der Waals surface area (Å²) in [7, 11) is 0. The summed E-state index contributed by atoms with van der Waals surface area (Å²) in [6.45, 7) is 1.95. The van der Waals surface area contributed by atoms with Crippen molar-refractivity contribution in [3.8, 4) is 0 Å². The van der Waals surface area contributed by atoms with Crippen LogP contribution in [0.3, 0.4) is 0 Å². The average molecular weight is 256 g/mol. The first kappa shape index (κ1) is 12.1. The van der Waals surface area contributed by atoms with E-state index in [1.54, 1.807) is 0 Å². The lowest BCUT2D eigenvalue weighted by molar-refractivity contribution is -0.128. The van der Waals surface area contributed by atoms with E-state index in [2.05, 4.69) is 10.6 Å². The zero-order valence-electron chi connectivity index (χ0n) is 10.6. The van der Waals surface area contributed by atoms with Gasteiger partial charge in [-0.3, -0.25) is 4.79 Å². The van der Waals surface area contributed by atoms with Crippen molar-refractivity contribution >= 4 is 22.4 Å².